The van der Waals surface area contributed by atoms with E-state index in [4.69, 9.17) is 19.9 Å². The second kappa shape index (κ2) is 11.4. The molecule has 0 saturated heterocycles. The average Bonchev–Trinajstić information content (AvgIpc) is 3.16. The number of pyridine rings is 2. The van der Waals surface area contributed by atoms with E-state index in [0.29, 0.717) is 17.5 Å². The SMILES string of the molecule is CC1(C)CCC(C)(C)c2cc(-c3ccc(-c4nc(-c5ccc6ccccc6c5)nc(-c5cc6cccnc6c6ncccc56)n4)cc3)ccc21. The molecule has 0 N–H and O–H groups in total. The predicted octanol–water partition coefficient (Wildman–Crippen LogP) is 11.1. The Bertz CT molecular complexity index is 2600. The summed E-state index contributed by atoms with van der Waals surface area (Å²) in [7, 11) is 0. The van der Waals surface area contributed by atoms with Crippen molar-refractivity contribution < 1.29 is 0 Å². The van der Waals surface area contributed by atoms with Crippen LogP contribution in [-0.4, -0.2) is 24.9 Å². The molecule has 1 aliphatic carbocycles. The molecule has 0 fully saturated rings. The van der Waals surface area contributed by atoms with Crippen LogP contribution >= 0.6 is 0 Å². The number of aromatic nitrogens is 5. The van der Waals surface area contributed by atoms with Crippen molar-refractivity contribution in [2.75, 3.05) is 0 Å². The smallest absolute Gasteiger partial charge is 0.164 e. The van der Waals surface area contributed by atoms with E-state index in [1.54, 1.807) is 0 Å². The van der Waals surface area contributed by atoms with Gasteiger partial charge in [0.05, 0.1) is 11.0 Å². The Morgan fingerprint density at radius 3 is 1.84 bits per heavy atom. The van der Waals surface area contributed by atoms with Crippen LogP contribution in [0.4, 0.5) is 0 Å². The maximum Gasteiger partial charge on any atom is 0.164 e. The molecule has 8 aromatic rings. The number of hydrogen-bond acceptors (Lipinski definition) is 5. The van der Waals surface area contributed by atoms with Crippen molar-refractivity contribution in [2.45, 2.75) is 51.4 Å². The predicted molar refractivity (Wildman–Crippen MR) is 205 cm³/mol. The van der Waals surface area contributed by atoms with Crippen LogP contribution < -0.4 is 0 Å². The highest BCUT2D eigenvalue weighted by molar-refractivity contribution is 6.09. The third kappa shape index (κ3) is 5.12. The average molecular weight is 648 g/mol. The lowest BCUT2D eigenvalue weighted by Crippen LogP contribution is -2.33. The summed E-state index contributed by atoms with van der Waals surface area (Å²) >= 11 is 0. The molecule has 0 bridgehead atoms. The molecule has 0 aliphatic heterocycles. The minimum atomic E-state index is 0.153. The zero-order chi connectivity index (χ0) is 34.0. The van der Waals surface area contributed by atoms with Gasteiger partial charge in [-0.05, 0) is 81.0 Å². The summed E-state index contributed by atoms with van der Waals surface area (Å²) in [5.41, 5.74) is 10.2. The number of rotatable bonds is 4. The third-order valence-corrected chi connectivity index (χ3v) is 10.7. The summed E-state index contributed by atoms with van der Waals surface area (Å²) in [6.07, 6.45) is 6.02. The van der Waals surface area contributed by atoms with Gasteiger partial charge in [0.25, 0.3) is 0 Å². The molecule has 3 aromatic heterocycles. The summed E-state index contributed by atoms with van der Waals surface area (Å²) in [6, 6.07) is 40.6. The number of fused-ring (bicyclic) bond motifs is 5. The lowest BCUT2D eigenvalue weighted by molar-refractivity contribution is 0.332. The van der Waals surface area contributed by atoms with Gasteiger partial charge < -0.3 is 0 Å². The summed E-state index contributed by atoms with van der Waals surface area (Å²) in [5.74, 6) is 1.86. The molecule has 0 spiro atoms. The highest BCUT2D eigenvalue weighted by Crippen LogP contribution is 2.47. The third-order valence-electron chi connectivity index (χ3n) is 10.7. The van der Waals surface area contributed by atoms with Gasteiger partial charge in [0, 0.05) is 39.9 Å². The molecule has 0 radical (unpaired) electrons. The van der Waals surface area contributed by atoms with Gasteiger partial charge in [0.2, 0.25) is 0 Å². The highest BCUT2D eigenvalue weighted by atomic mass is 15.0. The molecular weight excluding hydrogens is 611 g/mol. The standard InChI is InChI=1S/C45H37N5/c1-44(2)21-22-45(3,4)38-27-32(19-20-37(38)44)29-13-16-30(17-14-29)41-48-42(34-18-15-28-9-5-6-10-31(28)25-34)50-43(49-41)36-26-33-11-7-23-46-39(33)40-35(36)12-8-24-47-40/h5-20,23-27H,21-22H2,1-4H3. The molecule has 50 heavy (non-hydrogen) atoms. The van der Waals surface area contributed by atoms with Gasteiger partial charge in [-0.3, -0.25) is 9.97 Å². The van der Waals surface area contributed by atoms with Gasteiger partial charge in [0.15, 0.2) is 17.5 Å². The minimum absolute atomic E-state index is 0.153. The molecule has 1 aliphatic rings. The first-order valence-electron chi connectivity index (χ1n) is 17.4. The zero-order valence-corrected chi connectivity index (χ0v) is 28.8. The van der Waals surface area contributed by atoms with Gasteiger partial charge in [-0.2, -0.15) is 0 Å². The quantitative estimate of drug-likeness (QED) is 0.178. The topological polar surface area (TPSA) is 64.5 Å². The minimum Gasteiger partial charge on any atom is -0.254 e. The fraction of sp³-hybridized carbons (Fsp3) is 0.178. The first kappa shape index (κ1) is 30.3. The van der Waals surface area contributed by atoms with E-state index in [1.165, 1.54) is 40.5 Å². The molecule has 242 valence electrons. The normalized spacial score (nSPS) is 15.0. The Hall–Kier alpha value is -5.81. The maximum absolute atomic E-state index is 5.14. The van der Waals surface area contributed by atoms with Crippen LogP contribution in [0.5, 0.6) is 0 Å². The van der Waals surface area contributed by atoms with Gasteiger partial charge in [-0.25, -0.2) is 15.0 Å². The van der Waals surface area contributed by atoms with Crippen molar-refractivity contribution in [3.8, 4) is 45.3 Å². The Morgan fingerprint density at radius 2 is 1.04 bits per heavy atom. The van der Waals surface area contributed by atoms with Crippen LogP contribution in [0.1, 0.15) is 51.7 Å². The number of hydrogen-bond donors (Lipinski definition) is 0. The van der Waals surface area contributed by atoms with Crippen LogP contribution in [0.2, 0.25) is 0 Å². The van der Waals surface area contributed by atoms with Gasteiger partial charge in [-0.15, -0.1) is 0 Å². The lowest BCUT2D eigenvalue weighted by atomic mass is 9.63. The molecule has 0 unspecified atom stereocenters. The largest absolute Gasteiger partial charge is 0.254 e. The second-order valence-electron chi connectivity index (χ2n) is 14.9. The fourth-order valence-corrected chi connectivity index (χ4v) is 7.62. The van der Waals surface area contributed by atoms with Crippen molar-refractivity contribution in [2.24, 2.45) is 0 Å². The van der Waals surface area contributed by atoms with Crippen LogP contribution in [0.25, 0.3) is 77.9 Å². The molecular formula is C45H37N5. The lowest BCUT2D eigenvalue weighted by Gasteiger charge is -2.42. The summed E-state index contributed by atoms with van der Waals surface area (Å²) in [5, 5.41) is 4.26. The Morgan fingerprint density at radius 1 is 0.440 bits per heavy atom. The fourth-order valence-electron chi connectivity index (χ4n) is 7.62. The van der Waals surface area contributed by atoms with Crippen molar-refractivity contribution in [3.05, 3.63) is 139 Å². The van der Waals surface area contributed by atoms with Gasteiger partial charge in [-0.1, -0.05) is 119 Å². The Labute approximate surface area is 292 Å². The molecule has 3 heterocycles. The van der Waals surface area contributed by atoms with Crippen molar-refractivity contribution >= 4 is 32.6 Å². The van der Waals surface area contributed by atoms with E-state index in [0.717, 1.165) is 43.9 Å². The van der Waals surface area contributed by atoms with Crippen molar-refractivity contribution in [1.82, 2.24) is 24.9 Å². The van der Waals surface area contributed by atoms with Crippen molar-refractivity contribution in [1.29, 1.82) is 0 Å². The molecule has 0 saturated carbocycles. The molecule has 0 amide bonds. The number of nitrogens with zero attached hydrogens (tertiary/aromatic N) is 5. The highest BCUT2D eigenvalue weighted by Gasteiger charge is 2.37. The maximum atomic E-state index is 5.14. The van der Waals surface area contributed by atoms with E-state index in [2.05, 4.69) is 136 Å². The summed E-state index contributed by atoms with van der Waals surface area (Å²) in [4.78, 5) is 24.8. The first-order chi connectivity index (χ1) is 24.2. The van der Waals surface area contributed by atoms with E-state index in [1.807, 2.05) is 24.5 Å². The van der Waals surface area contributed by atoms with E-state index in [-0.39, 0.29) is 10.8 Å². The Kier molecular flexibility index (Phi) is 6.89. The second-order valence-corrected chi connectivity index (χ2v) is 14.9. The summed E-state index contributed by atoms with van der Waals surface area (Å²) < 4.78 is 0. The first-order valence-corrected chi connectivity index (χ1v) is 17.4. The Balaban J connectivity index is 1.19. The van der Waals surface area contributed by atoms with Crippen LogP contribution in [0.3, 0.4) is 0 Å². The van der Waals surface area contributed by atoms with E-state index >= 15 is 0 Å². The molecule has 5 nitrogen and oxygen atoms in total. The van der Waals surface area contributed by atoms with Crippen molar-refractivity contribution in [3.63, 3.8) is 0 Å². The van der Waals surface area contributed by atoms with Crippen LogP contribution in [0, 0.1) is 0 Å². The van der Waals surface area contributed by atoms with E-state index in [9.17, 15) is 0 Å². The van der Waals surface area contributed by atoms with Gasteiger partial charge in [0.1, 0.15) is 0 Å². The molecule has 5 heteroatoms. The molecule has 9 rings (SSSR count). The number of benzene rings is 5. The van der Waals surface area contributed by atoms with E-state index < -0.39 is 0 Å². The zero-order valence-electron chi connectivity index (χ0n) is 28.8. The summed E-state index contributed by atoms with van der Waals surface area (Å²) in [6.45, 7) is 9.51. The van der Waals surface area contributed by atoms with Crippen LogP contribution in [-0.2, 0) is 10.8 Å². The van der Waals surface area contributed by atoms with Crippen LogP contribution in [0.15, 0.2) is 128 Å². The molecule has 5 aromatic carbocycles. The van der Waals surface area contributed by atoms with Gasteiger partial charge >= 0.3 is 0 Å². The monoisotopic (exact) mass is 647 g/mol. The molecule has 0 atom stereocenters.